The average molecular weight is 500 g/mol. The normalized spacial score (nSPS) is 14.5. The number of esters is 1. The lowest BCUT2D eigenvalue weighted by Crippen LogP contribution is -2.10. The van der Waals surface area contributed by atoms with Gasteiger partial charge in [-0.15, -0.1) is 0 Å². The van der Waals surface area contributed by atoms with Crippen LogP contribution in [0, 0.1) is 0 Å². The van der Waals surface area contributed by atoms with Crippen molar-refractivity contribution >= 4 is 39.7 Å². The Bertz CT molecular complexity index is 1410. The number of aliphatic imine (C=N–C) groups is 1. The molecule has 0 unspecified atom stereocenters. The lowest BCUT2D eigenvalue weighted by Gasteiger charge is -2.11. The molecule has 8 nitrogen and oxygen atoms in total. The van der Waals surface area contributed by atoms with Gasteiger partial charge in [0.1, 0.15) is 10.6 Å². The molecule has 1 heterocycles. The topological polar surface area (TPSA) is 100 Å². The fourth-order valence-electron chi connectivity index (χ4n) is 3.06. The van der Waals surface area contributed by atoms with Gasteiger partial charge in [0.25, 0.3) is 0 Å². The predicted octanol–water partition coefficient (Wildman–Crippen LogP) is 4.47. The summed E-state index contributed by atoms with van der Waals surface area (Å²) in [4.78, 5) is 16.5. The second-order valence-corrected chi connectivity index (χ2v) is 8.95. The Hall–Kier alpha value is -3.82. The van der Waals surface area contributed by atoms with Crippen LogP contribution in [0.15, 0.2) is 82.3 Å². The summed E-state index contributed by atoms with van der Waals surface area (Å²) in [6.07, 6.45) is 1.50. The van der Waals surface area contributed by atoms with Crippen molar-refractivity contribution < 1.29 is 31.6 Å². The minimum Gasteiger partial charge on any atom is -0.497 e. The van der Waals surface area contributed by atoms with Crippen molar-refractivity contribution in [3.63, 3.8) is 0 Å². The molecule has 0 aliphatic carbocycles. The van der Waals surface area contributed by atoms with Crippen LogP contribution in [0.25, 0.3) is 6.08 Å². The van der Waals surface area contributed by atoms with E-state index in [0.717, 1.165) is 0 Å². The summed E-state index contributed by atoms with van der Waals surface area (Å²) < 4.78 is 46.2. The average Bonchev–Trinajstić information content (AvgIpc) is 3.20. The third kappa shape index (κ3) is 5.05. The van der Waals surface area contributed by atoms with Gasteiger partial charge in [-0.1, -0.05) is 23.7 Å². The molecule has 34 heavy (non-hydrogen) atoms. The number of benzene rings is 3. The van der Waals surface area contributed by atoms with Crippen LogP contribution in [0.2, 0.25) is 5.02 Å². The number of rotatable bonds is 7. The molecule has 174 valence electrons. The zero-order valence-electron chi connectivity index (χ0n) is 18.0. The summed E-state index contributed by atoms with van der Waals surface area (Å²) in [5, 5.41) is 0.400. The van der Waals surface area contributed by atoms with E-state index in [1.54, 1.807) is 30.3 Å². The number of carbonyl (C=O) groups is 1. The van der Waals surface area contributed by atoms with E-state index in [1.165, 1.54) is 56.7 Å². The predicted molar refractivity (Wildman–Crippen MR) is 126 cm³/mol. The zero-order valence-corrected chi connectivity index (χ0v) is 19.6. The highest BCUT2D eigenvalue weighted by atomic mass is 35.5. The van der Waals surface area contributed by atoms with Crippen molar-refractivity contribution in [3.05, 3.63) is 88.6 Å². The first-order valence-electron chi connectivity index (χ1n) is 9.84. The number of hydrogen-bond donors (Lipinski definition) is 0. The van der Waals surface area contributed by atoms with Crippen LogP contribution in [0.5, 0.6) is 17.2 Å². The molecule has 0 N–H and O–H groups in total. The molecule has 3 aromatic carbocycles. The zero-order chi connectivity index (χ0) is 24.3. The molecule has 10 heteroatoms. The van der Waals surface area contributed by atoms with E-state index in [0.29, 0.717) is 21.9 Å². The maximum Gasteiger partial charge on any atom is 0.363 e. The molecule has 0 aromatic heterocycles. The Kier molecular flexibility index (Phi) is 6.58. The maximum atomic E-state index is 12.6. The number of cyclic esters (lactones) is 1. The third-order valence-corrected chi connectivity index (χ3v) is 6.23. The SMILES string of the molecule is COc1cccc(C2=N/C(=C\c3ccc(OS(=O)(=O)c4ccc(Cl)cc4)c(OC)c3)C(=O)O2)c1. The second kappa shape index (κ2) is 9.58. The first-order valence-corrected chi connectivity index (χ1v) is 11.6. The largest absolute Gasteiger partial charge is 0.497 e. The number of hydrogen-bond acceptors (Lipinski definition) is 8. The van der Waals surface area contributed by atoms with Crippen molar-refractivity contribution in [1.29, 1.82) is 0 Å². The first kappa shape index (κ1) is 23.3. The van der Waals surface area contributed by atoms with Crippen LogP contribution in [0.4, 0.5) is 0 Å². The van der Waals surface area contributed by atoms with Gasteiger partial charge >= 0.3 is 16.1 Å². The van der Waals surface area contributed by atoms with Gasteiger partial charge in [-0.05, 0) is 66.2 Å². The van der Waals surface area contributed by atoms with E-state index >= 15 is 0 Å². The Morgan fingerprint density at radius 3 is 2.41 bits per heavy atom. The van der Waals surface area contributed by atoms with Gasteiger partial charge in [-0.2, -0.15) is 8.42 Å². The minimum absolute atomic E-state index is 0.0193. The maximum absolute atomic E-state index is 12.6. The Balaban J connectivity index is 1.60. The molecule has 0 radical (unpaired) electrons. The molecule has 3 aromatic rings. The monoisotopic (exact) mass is 499 g/mol. The van der Waals surface area contributed by atoms with Crippen molar-refractivity contribution in [2.24, 2.45) is 4.99 Å². The number of carbonyl (C=O) groups excluding carboxylic acids is 1. The highest BCUT2D eigenvalue weighted by Crippen LogP contribution is 2.32. The van der Waals surface area contributed by atoms with Gasteiger partial charge < -0.3 is 18.4 Å². The first-order chi connectivity index (χ1) is 16.3. The standard InChI is InChI=1S/C24H18ClNO7S/c1-30-18-5-3-4-16(14-18)23-26-20(24(27)32-23)12-15-6-11-21(22(13-15)31-2)33-34(28,29)19-9-7-17(25)8-10-19/h3-14H,1-2H3/b20-12-. The summed E-state index contributed by atoms with van der Waals surface area (Å²) >= 11 is 5.82. The molecule has 4 rings (SSSR count). The summed E-state index contributed by atoms with van der Waals surface area (Å²) in [5.41, 5.74) is 1.18. The molecule has 0 bridgehead atoms. The highest BCUT2D eigenvalue weighted by molar-refractivity contribution is 7.87. The van der Waals surface area contributed by atoms with Gasteiger partial charge in [0.2, 0.25) is 5.90 Å². The van der Waals surface area contributed by atoms with E-state index in [4.69, 9.17) is 30.0 Å². The van der Waals surface area contributed by atoms with Crippen LogP contribution in [-0.2, 0) is 19.6 Å². The van der Waals surface area contributed by atoms with Crippen LogP contribution in [0.3, 0.4) is 0 Å². The number of nitrogens with zero attached hydrogens (tertiary/aromatic N) is 1. The molecule has 0 amide bonds. The summed E-state index contributed by atoms with van der Waals surface area (Å²) in [6.45, 7) is 0. The molecule has 1 aliphatic rings. The molecule has 0 atom stereocenters. The summed E-state index contributed by atoms with van der Waals surface area (Å²) in [5.74, 6) is 0.255. The summed E-state index contributed by atoms with van der Waals surface area (Å²) in [6, 6.07) is 17.1. The Labute approximate surface area is 201 Å². The lowest BCUT2D eigenvalue weighted by molar-refractivity contribution is -0.129. The fourth-order valence-corrected chi connectivity index (χ4v) is 4.12. The number of methoxy groups -OCH3 is 2. The lowest BCUT2D eigenvalue weighted by atomic mass is 10.1. The van der Waals surface area contributed by atoms with Crippen molar-refractivity contribution in [3.8, 4) is 17.2 Å². The van der Waals surface area contributed by atoms with Gasteiger partial charge in [0.15, 0.2) is 17.2 Å². The van der Waals surface area contributed by atoms with E-state index in [-0.39, 0.29) is 28.0 Å². The smallest absolute Gasteiger partial charge is 0.363 e. The molecule has 0 spiro atoms. The van der Waals surface area contributed by atoms with Crippen molar-refractivity contribution in [2.75, 3.05) is 14.2 Å². The van der Waals surface area contributed by atoms with Gasteiger partial charge in [0, 0.05) is 10.6 Å². The van der Waals surface area contributed by atoms with Crippen LogP contribution in [0.1, 0.15) is 11.1 Å². The molecule has 0 saturated carbocycles. The Morgan fingerprint density at radius 2 is 1.71 bits per heavy atom. The number of halogens is 1. The fraction of sp³-hybridized carbons (Fsp3) is 0.0833. The Morgan fingerprint density at radius 1 is 0.941 bits per heavy atom. The van der Waals surface area contributed by atoms with Gasteiger partial charge in [-0.25, -0.2) is 9.79 Å². The van der Waals surface area contributed by atoms with Gasteiger partial charge in [-0.3, -0.25) is 0 Å². The number of ether oxygens (including phenoxy) is 3. The van der Waals surface area contributed by atoms with Gasteiger partial charge in [0.05, 0.1) is 14.2 Å². The molecule has 0 saturated heterocycles. The van der Waals surface area contributed by atoms with E-state index in [2.05, 4.69) is 4.99 Å². The quantitative estimate of drug-likeness (QED) is 0.268. The van der Waals surface area contributed by atoms with Crippen molar-refractivity contribution in [1.82, 2.24) is 0 Å². The minimum atomic E-state index is -4.11. The van der Waals surface area contributed by atoms with E-state index < -0.39 is 16.1 Å². The van der Waals surface area contributed by atoms with Crippen LogP contribution < -0.4 is 13.7 Å². The highest BCUT2D eigenvalue weighted by Gasteiger charge is 2.25. The van der Waals surface area contributed by atoms with Crippen LogP contribution in [-0.4, -0.2) is 34.5 Å². The molecular formula is C24H18ClNO7S. The third-order valence-electron chi connectivity index (χ3n) is 4.73. The molecule has 1 aliphatic heterocycles. The van der Waals surface area contributed by atoms with E-state index in [1.807, 2.05) is 0 Å². The van der Waals surface area contributed by atoms with E-state index in [9.17, 15) is 13.2 Å². The summed E-state index contributed by atoms with van der Waals surface area (Å²) in [7, 11) is -1.20. The molecule has 0 fully saturated rings. The molecular weight excluding hydrogens is 482 g/mol. The second-order valence-electron chi connectivity index (χ2n) is 6.97. The van der Waals surface area contributed by atoms with Crippen LogP contribution >= 0.6 is 11.6 Å². The van der Waals surface area contributed by atoms with Crippen molar-refractivity contribution in [2.45, 2.75) is 4.90 Å².